The lowest BCUT2D eigenvalue weighted by Crippen LogP contribution is -3.13. The molecule has 1 heterocycles. The summed E-state index contributed by atoms with van der Waals surface area (Å²) >= 11 is 0. The number of ether oxygens (including phenoxy) is 2. The van der Waals surface area contributed by atoms with Crippen molar-refractivity contribution in [3.05, 3.63) is 66.2 Å². The van der Waals surface area contributed by atoms with Crippen LogP contribution in [0, 0.1) is 0 Å². The summed E-state index contributed by atoms with van der Waals surface area (Å²) in [6.45, 7) is 3.38. The van der Waals surface area contributed by atoms with Crippen molar-refractivity contribution in [2.24, 2.45) is 0 Å². The number of hydrogen-bond donors (Lipinski definition) is 1. The minimum Gasteiger partial charge on any atom is -0.493 e. The monoisotopic (exact) mass is 427 g/mol. The van der Waals surface area contributed by atoms with Gasteiger partial charge in [-0.3, -0.25) is 0 Å². The molecule has 3 aromatic rings. The van der Waals surface area contributed by atoms with Crippen molar-refractivity contribution in [2.45, 2.75) is 11.4 Å². The van der Waals surface area contributed by atoms with Gasteiger partial charge in [-0.05, 0) is 41.1 Å². The summed E-state index contributed by atoms with van der Waals surface area (Å²) in [6.07, 6.45) is 0. The summed E-state index contributed by atoms with van der Waals surface area (Å²) in [5.74, 6) is 1.43. The van der Waals surface area contributed by atoms with Crippen molar-refractivity contribution in [1.29, 1.82) is 0 Å². The zero-order valence-corrected chi connectivity index (χ0v) is 18.1. The van der Waals surface area contributed by atoms with Gasteiger partial charge in [0.2, 0.25) is 10.0 Å². The average Bonchev–Trinajstić information content (AvgIpc) is 2.79. The van der Waals surface area contributed by atoms with Gasteiger partial charge in [0.25, 0.3) is 0 Å². The SMILES string of the molecule is COc1ccc(C[NH+]2CCN(S(=O)(=O)c3ccc4ccccc4c3)CC2)cc1OC. The predicted molar refractivity (Wildman–Crippen MR) is 117 cm³/mol. The molecule has 0 amide bonds. The molecule has 6 nitrogen and oxygen atoms in total. The van der Waals surface area contributed by atoms with Crippen LogP contribution in [-0.2, 0) is 16.6 Å². The van der Waals surface area contributed by atoms with E-state index in [-0.39, 0.29) is 0 Å². The molecule has 4 rings (SSSR count). The summed E-state index contributed by atoms with van der Waals surface area (Å²) in [5.41, 5.74) is 1.15. The fourth-order valence-electron chi connectivity index (χ4n) is 3.98. The maximum absolute atomic E-state index is 13.1. The molecule has 1 N–H and O–H groups in total. The predicted octanol–water partition coefficient (Wildman–Crippen LogP) is 1.95. The molecule has 30 heavy (non-hydrogen) atoms. The molecule has 1 fully saturated rings. The third kappa shape index (κ3) is 4.14. The lowest BCUT2D eigenvalue weighted by molar-refractivity contribution is -0.917. The number of methoxy groups -OCH3 is 2. The van der Waals surface area contributed by atoms with Crippen molar-refractivity contribution >= 4 is 20.8 Å². The summed E-state index contributed by atoms with van der Waals surface area (Å²) in [7, 11) is -0.233. The minimum absolute atomic E-state index is 0.365. The molecular weight excluding hydrogens is 400 g/mol. The molecule has 0 radical (unpaired) electrons. The first kappa shape index (κ1) is 20.7. The normalized spacial score (nSPS) is 15.9. The second-order valence-corrected chi connectivity index (χ2v) is 9.47. The van der Waals surface area contributed by atoms with Crippen LogP contribution < -0.4 is 14.4 Å². The lowest BCUT2D eigenvalue weighted by Gasteiger charge is -2.31. The average molecular weight is 428 g/mol. The van der Waals surface area contributed by atoms with Crippen LogP contribution in [0.2, 0.25) is 0 Å². The van der Waals surface area contributed by atoms with Crippen LogP contribution in [-0.4, -0.2) is 53.1 Å². The molecule has 0 saturated carbocycles. The Labute approximate surface area is 177 Å². The molecule has 7 heteroatoms. The van der Waals surface area contributed by atoms with Gasteiger partial charge in [0, 0.05) is 5.56 Å². The topological polar surface area (TPSA) is 60.3 Å². The fourth-order valence-corrected chi connectivity index (χ4v) is 5.45. The van der Waals surface area contributed by atoms with Gasteiger partial charge < -0.3 is 14.4 Å². The number of quaternary nitrogens is 1. The highest BCUT2D eigenvalue weighted by Crippen LogP contribution is 2.27. The Morgan fingerprint density at radius 1 is 0.867 bits per heavy atom. The highest BCUT2D eigenvalue weighted by atomic mass is 32.2. The van der Waals surface area contributed by atoms with E-state index in [4.69, 9.17) is 9.47 Å². The second-order valence-electron chi connectivity index (χ2n) is 7.53. The molecule has 1 aliphatic heterocycles. The Hall–Kier alpha value is -2.61. The Kier molecular flexibility index (Phi) is 5.94. The van der Waals surface area contributed by atoms with E-state index in [0.29, 0.717) is 29.5 Å². The lowest BCUT2D eigenvalue weighted by atomic mass is 10.1. The van der Waals surface area contributed by atoms with E-state index in [0.717, 1.165) is 36.0 Å². The largest absolute Gasteiger partial charge is 0.493 e. The molecular formula is C23H27N2O4S+. The van der Waals surface area contributed by atoms with Gasteiger partial charge in [0.05, 0.1) is 45.3 Å². The summed E-state index contributed by atoms with van der Waals surface area (Å²) < 4.78 is 38.6. The van der Waals surface area contributed by atoms with Gasteiger partial charge >= 0.3 is 0 Å². The Bertz CT molecular complexity index is 1140. The van der Waals surface area contributed by atoms with Crippen molar-refractivity contribution in [3.63, 3.8) is 0 Å². The van der Waals surface area contributed by atoms with E-state index < -0.39 is 10.0 Å². The molecule has 0 atom stereocenters. The standard InChI is InChI=1S/C23H26N2O4S/c1-28-22-10-7-18(15-23(22)29-2)17-24-11-13-25(14-12-24)30(26,27)21-9-8-19-5-3-4-6-20(19)16-21/h3-10,15-16H,11-14,17H2,1-2H3/p+1. The first-order valence-electron chi connectivity index (χ1n) is 10.0. The Morgan fingerprint density at radius 2 is 1.57 bits per heavy atom. The van der Waals surface area contributed by atoms with Crippen molar-refractivity contribution in [2.75, 3.05) is 40.4 Å². The fraction of sp³-hybridized carbons (Fsp3) is 0.304. The number of hydrogen-bond acceptors (Lipinski definition) is 4. The smallest absolute Gasteiger partial charge is 0.243 e. The number of rotatable bonds is 6. The Balaban J connectivity index is 1.43. The van der Waals surface area contributed by atoms with E-state index in [1.54, 1.807) is 30.7 Å². The number of benzene rings is 3. The van der Waals surface area contributed by atoms with E-state index in [9.17, 15) is 8.42 Å². The molecule has 1 aliphatic rings. The van der Waals surface area contributed by atoms with E-state index in [2.05, 4.69) is 0 Å². The van der Waals surface area contributed by atoms with Crippen LogP contribution in [0.4, 0.5) is 0 Å². The van der Waals surface area contributed by atoms with Crippen LogP contribution in [0.15, 0.2) is 65.6 Å². The molecule has 3 aromatic carbocycles. The quantitative estimate of drug-likeness (QED) is 0.653. The van der Waals surface area contributed by atoms with Gasteiger partial charge in [-0.15, -0.1) is 0 Å². The van der Waals surface area contributed by atoms with Crippen LogP contribution in [0.25, 0.3) is 10.8 Å². The van der Waals surface area contributed by atoms with Crippen molar-refractivity contribution in [1.82, 2.24) is 4.31 Å². The van der Waals surface area contributed by atoms with Gasteiger partial charge in [-0.2, -0.15) is 4.31 Å². The third-order valence-electron chi connectivity index (χ3n) is 5.69. The van der Waals surface area contributed by atoms with Gasteiger partial charge in [0.15, 0.2) is 11.5 Å². The summed E-state index contributed by atoms with van der Waals surface area (Å²) in [6, 6.07) is 19.1. The summed E-state index contributed by atoms with van der Waals surface area (Å²) in [4.78, 5) is 1.72. The first-order valence-corrected chi connectivity index (χ1v) is 11.5. The maximum Gasteiger partial charge on any atom is 0.243 e. The molecule has 0 spiro atoms. The number of piperazine rings is 1. The van der Waals surface area contributed by atoms with Crippen LogP contribution in [0.3, 0.4) is 0 Å². The van der Waals surface area contributed by atoms with Crippen LogP contribution >= 0.6 is 0 Å². The number of sulfonamides is 1. The molecule has 0 aromatic heterocycles. The van der Waals surface area contributed by atoms with E-state index in [1.165, 1.54) is 4.90 Å². The van der Waals surface area contributed by atoms with E-state index in [1.807, 2.05) is 48.5 Å². The molecule has 0 bridgehead atoms. The van der Waals surface area contributed by atoms with Gasteiger partial charge in [-0.25, -0.2) is 8.42 Å². The summed E-state index contributed by atoms with van der Waals surface area (Å²) in [5, 5.41) is 1.98. The minimum atomic E-state index is -3.49. The zero-order valence-electron chi connectivity index (χ0n) is 17.3. The first-order chi connectivity index (χ1) is 14.5. The van der Waals surface area contributed by atoms with Crippen LogP contribution in [0.1, 0.15) is 5.56 Å². The maximum atomic E-state index is 13.1. The highest BCUT2D eigenvalue weighted by Gasteiger charge is 2.30. The number of nitrogens with one attached hydrogen (secondary N) is 1. The second kappa shape index (κ2) is 8.63. The highest BCUT2D eigenvalue weighted by molar-refractivity contribution is 7.89. The molecule has 1 saturated heterocycles. The number of fused-ring (bicyclic) bond motifs is 1. The molecule has 0 aliphatic carbocycles. The van der Waals surface area contributed by atoms with Crippen molar-refractivity contribution < 1.29 is 22.8 Å². The van der Waals surface area contributed by atoms with Crippen LogP contribution in [0.5, 0.6) is 11.5 Å². The number of nitrogens with zero attached hydrogens (tertiary/aromatic N) is 1. The van der Waals surface area contributed by atoms with E-state index >= 15 is 0 Å². The third-order valence-corrected chi connectivity index (χ3v) is 7.58. The van der Waals surface area contributed by atoms with Crippen molar-refractivity contribution in [3.8, 4) is 11.5 Å². The van der Waals surface area contributed by atoms with Gasteiger partial charge in [-0.1, -0.05) is 30.3 Å². The zero-order chi connectivity index (χ0) is 21.1. The molecule has 0 unspecified atom stereocenters. The van der Waals surface area contributed by atoms with Gasteiger partial charge in [0.1, 0.15) is 6.54 Å². The Morgan fingerprint density at radius 3 is 2.27 bits per heavy atom. The molecule has 158 valence electrons.